The number of nitrogens with zero attached hydrogens (tertiary/aromatic N) is 2. The van der Waals surface area contributed by atoms with E-state index in [1.165, 1.54) is 4.90 Å². The molecule has 0 atom stereocenters. The predicted octanol–water partition coefficient (Wildman–Crippen LogP) is 6.42. The van der Waals surface area contributed by atoms with Crippen LogP contribution >= 0.6 is 34.8 Å². The van der Waals surface area contributed by atoms with Crippen LogP contribution in [0.3, 0.4) is 0 Å². The van der Waals surface area contributed by atoms with Gasteiger partial charge in [0.15, 0.2) is 0 Å². The number of benzene rings is 2. The number of rotatable bonds is 4. The summed E-state index contributed by atoms with van der Waals surface area (Å²) in [5, 5.41) is 1.23. The van der Waals surface area contributed by atoms with Crippen LogP contribution in [-0.2, 0) is 0 Å². The number of hydrogen-bond donors (Lipinski definition) is 0. The van der Waals surface area contributed by atoms with Gasteiger partial charge in [0, 0.05) is 18.1 Å². The van der Waals surface area contributed by atoms with Gasteiger partial charge in [0.1, 0.15) is 5.75 Å². The number of carbonyl (C=O) groups excluding carboxylic acids is 1. The summed E-state index contributed by atoms with van der Waals surface area (Å²) in [6, 6.07) is 13.7. The van der Waals surface area contributed by atoms with Crippen molar-refractivity contribution in [3.8, 4) is 11.6 Å². The second-order valence-electron chi connectivity index (χ2n) is 5.83. The van der Waals surface area contributed by atoms with Crippen molar-refractivity contribution in [2.75, 3.05) is 11.9 Å². The van der Waals surface area contributed by atoms with Crippen LogP contribution in [0.1, 0.15) is 15.9 Å². The Balaban J connectivity index is 1.79. The quantitative estimate of drug-likeness (QED) is 0.488. The summed E-state index contributed by atoms with van der Waals surface area (Å²) in [6.45, 7) is 1.90. The molecule has 0 saturated carbocycles. The van der Waals surface area contributed by atoms with E-state index < -0.39 is 0 Å². The highest BCUT2D eigenvalue weighted by molar-refractivity contribution is 6.40. The van der Waals surface area contributed by atoms with E-state index in [0.29, 0.717) is 32.4 Å². The monoisotopic (exact) mass is 420 g/mol. The molecule has 0 N–H and O–H groups in total. The molecule has 0 unspecified atom stereocenters. The molecule has 27 heavy (non-hydrogen) atoms. The molecule has 0 aliphatic carbocycles. The zero-order chi connectivity index (χ0) is 19.6. The van der Waals surface area contributed by atoms with E-state index in [0.717, 1.165) is 5.56 Å². The SMILES string of the molecule is Cc1cc(Cl)ccc1Oc1ccc(N(C)C(=O)c2c(Cl)cccc2Cl)cn1. The number of amides is 1. The fourth-order valence-electron chi connectivity index (χ4n) is 2.46. The number of pyridine rings is 1. The van der Waals surface area contributed by atoms with Crippen molar-refractivity contribution in [1.29, 1.82) is 0 Å². The lowest BCUT2D eigenvalue weighted by Crippen LogP contribution is -2.26. The summed E-state index contributed by atoms with van der Waals surface area (Å²) >= 11 is 18.2. The first-order valence-corrected chi connectivity index (χ1v) is 9.12. The van der Waals surface area contributed by atoms with Gasteiger partial charge in [-0.05, 0) is 48.9 Å². The molecule has 7 heteroatoms. The van der Waals surface area contributed by atoms with Crippen molar-refractivity contribution in [3.63, 3.8) is 0 Å². The highest BCUT2D eigenvalue weighted by atomic mass is 35.5. The maximum atomic E-state index is 12.7. The Hall–Kier alpha value is -2.27. The molecule has 0 saturated heterocycles. The number of hydrogen-bond acceptors (Lipinski definition) is 3. The number of halogens is 3. The van der Waals surface area contributed by atoms with Crippen LogP contribution in [0.15, 0.2) is 54.7 Å². The molecule has 0 spiro atoms. The molecule has 0 aliphatic heterocycles. The standard InChI is InChI=1S/C20H15Cl3N2O2/c1-12-10-13(21)6-8-17(12)27-18-9-7-14(11-24-18)25(2)20(26)19-15(22)4-3-5-16(19)23/h3-11H,1-2H3. The third kappa shape index (κ3) is 4.35. The summed E-state index contributed by atoms with van der Waals surface area (Å²) in [7, 11) is 1.63. The van der Waals surface area contributed by atoms with Crippen LogP contribution in [0.2, 0.25) is 15.1 Å². The Morgan fingerprint density at radius 2 is 1.74 bits per heavy atom. The molecule has 0 radical (unpaired) electrons. The number of aryl methyl sites for hydroxylation is 1. The van der Waals surface area contributed by atoms with Gasteiger partial charge in [-0.3, -0.25) is 4.79 Å². The Kier molecular flexibility index (Phi) is 5.90. The summed E-state index contributed by atoms with van der Waals surface area (Å²) in [6.07, 6.45) is 1.54. The number of anilines is 1. The van der Waals surface area contributed by atoms with Crippen molar-refractivity contribution in [2.45, 2.75) is 6.92 Å². The number of carbonyl (C=O) groups is 1. The Bertz CT molecular complexity index is 971. The normalized spacial score (nSPS) is 10.6. The predicted molar refractivity (Wildman–Crippen MR) is 110 cm³/mol. The first-order chi connectivity index (χ1) is 12.9. The molecule has 0 fully saturated rings. The summed E-state index contributed by atoms with van der Waals surface area (Å²) < 4.78 is 5.77. The van der Waals surface area contributed by atoms with Crippen molar-refractivity contribution in [2.24, 2.45) is 0 Å². The average molecular weight is 422 g/mol. The zero-order valence-corrected chi connectivity index (χ0v) is 16.8. The number of aromatic nitrogens is 1. The van der Waals surface area contributed by atoms with Gasteiger partial charge >= 0.3 is 0 Å². The maximum Gasteiger partial charge on any atom is 0.261 e. The molecule has 138 valence electrons. The van der Waals surface area contributed by atoms with Gasteiger partial charge in [-0.15, -0.1) is 0 Å². The maximum absolute atomic E-state index is 12.7. The molecule has 4 nitrogen and oxygen atoms in total. The third-order valence-electron chi connectivity index (χ3n) is 3.94. The lowest BCUT2D eigenvalue weighted by Gasteiger charge is -2.18. The van der Waals surface area contributed by atoms with E-state index >= 15 is 0 Å². The minimum absolute atomic E-state index is 0.250. The third-order valence-corrected chi connectivity index (χ3v) is 4.81. The van der Waals surface area contributed by atoms with E-state index in [4.69, 9.17) is 39.5 Å². The van der Waals surface area contributed by atoms with Gasteiger partial charge in [-0.2, -0.15) is 0 Å². The topological polar surface area (TPSA) is 42.4 Å². The lowest BCUT2D eigenvalue weighted by atomic mass is 10.2. The summed E-state index contributed by atoms with van der Waals surface area (Å²) in [4.78, 5) is 18.4. The van der Waals surface area contributed by atoms with Crippen LogP contribution in [0, 0.1) is 6.92 Å². The van der Waals surface area contributed by atoms with Gasteiger partial charge in [-0.1, -0.05) is 40.9 Å². The first kappa shape index (κ1) is 19.5. The van der Waals surface area contributed by atoms with Crippen LogP contribution in [-0.4, -0.2) is 17.9 Å². The molecule has 0 bridgehead atoms. The van der Waals surface area contributed by atoms with Gasteiger partial charge in [0.25, 0.3) is 5.91 Å². The molecule has 2 aromatic carbocycles. The molecule has 0 aliphatic rings. The minimum atomic E-state index is -0.324. The van der Waals surface area contributed by atoms with Crippen LogP contribution in [0.4, 0.5) is 5.69 Å². The van der Waals surface area contributed by atoms with Gasteiger partial charge < -0.3 is 9.64 Å². The van der Waals surface area contributed by atoms with Gasteiger partial charge in [0.05, 0.1) is 27.5 Å². The average Bonchev–Trinajstić information content (AvgIpc) is 2.64. The Labute approximate surface area is 172 Å². The lowest BCUT2D eigenvalue weighted by molar-refractivity contribution is 0.0993. The van der Waals surface area contributed by atoms with Crippen molar-refractivity contribution in [3.05, 3.63) is 80.9 Å². The van der Waals surface area contributed by atoms with E-state index in [2.05, 4.69) is 4.98 Å². The van der Waals surface area contributed by atoms with Gasteiger partial charge in [-0.25, -0.2) is 4.98 Å². The van der Waals surface area contributed by atoms with E-state index in [9.17, 15) is 4.79 Å². The van der Waals surface area contributed by atoms with Crippen molar-refractivity contribution < 1.29 is 9.53 Å². The molecular weight excluding hydrogens is 407 g/mol. The molecular formula is C20H15Cl3N2O2. The van der Waals surface area contributed by atoms with Crippen LogP contribution < -0.4 is 9.64 Å². The fourth-order valence-corrected chi connectivity index (χ4v) is 3.24. The molecule has 1 heterocycles. The van der Waals surface area contributed by atoms with Gasteiger partial charge in [0.2, 0.25) is 5.88 Å². The second-order valence-corrected chi connectivity index (χ2v) is 7.08. The molecule has 1 aromatic heterocycles. The van der Waals surface area contributed by atoms with Crippen molar-refractivity contribution in [1.82, 2.24) is 4.98 Å². The summed E-state index contributed by atoms with van der Waals surface area (Å²) in [5.74, 6) is 0.738. The Morgan fingerprint density at radius 3 is 2.33 bits per heavy atom. The summed E-state index contributed by atoms with van der Waals surface area (Å²) in [5.41, 5.74) is 1.73. The largest absolute Gasteiger partial charge is 0.439 e. The smallest absolute Gasteiger partial charge is 0.261 e. The van der Waals surface area contributed by atoms with E-state index in [1.54, 1.807) is 55.7 Å². The fraction of sp³-hybridized carbons (Fsp3) is 0.100. The molecule has 1 amide bonds. The molecule has 3 aromatic rings. The first-order valence-electron chi connectivity index (χ1n) is 7.99. The minimum Gasteiger partial charge on any atom is -0.439 e. The second kappa shape index (κ2) is 8.17. The van der Waals surface area contributed by atoms with Crippen molar-refractivity contribution >= 4 is 46.4 Å². The Morgan fingerprint density at radius 1 is 1.04 bits per heavy atom. The van der Waals surface area contributed by atoms with Crippen LogP contribution in [0.5, 0.6) is 11.6 Å². The molecule has 3 rings (SSSR count). The highest BCUT2D eigenvalue weighted by Gasteiger charge is 2.20. The highest BCUT2D eigenvalue weighted by Crippen LogP contribution is 2.29. The number of ether oxygens (including phenoxy) is 1. The van der Waals surface area contributed by atoms with E-state index in [-0.39, 0.29) is 11.5 Å². The van der Waals surface area contributed by atoms with Crippen LogP contribution in [0.25, 0.3) is 0 Å². The zero-order valence-electron chi connectivity index (χ0n) is 14.5. The van der Waals surface area contributed by atoms with E-state index in [1.807, 2.05) is 13.0 Å².